The third-order valence-electron chi connectivity index (χ3n) is 4.61. The summed E-state index contributed by atoms with van der Waals surface area (Å²) >= 11 is 3.49. The molecule has 3 aromatic rings. The molecule has 0 spiro atoms. The van der Waals surface area contributed by atoms with Gasteiger partial charge < -0.3 is 25.5 Å². The van der Waals surface area contributed by atoms with Crippen LogP contribution in [0.25, 0.3) is 0 Å². The van der Waals surface area contributed by atoms with E-state index in [1.807, 2.05) is 31.2 Å². The number of halogens is 1. The van der Waals surface area contributed by atoms with Gasteiger partial charge in [0.05, 0.1) is 23.0 Å². The van der Waals surface area contributed by atoms with Crippen LogP contribution in [-0.4, -0.2) is 17.6 Å². The van der Waals surface area contributed by atoms with Crippen LogP contribution < -0.4 is 21.1 Å². The first-order valence-corrected chi connectivity index (χ1v) is 10.6. The van der Waals surface area contributed by atoms with Gasteiger partial charge in [-0.1, -0.05) is 6.07 Å². The first-order chi connectivity index (χ1) is 15.3. The van der Waals surface area contributed by atoms with Gasteiger partial charge in [0.15, 0.2) is 0 Å². The predicted octanol–water partition coefficient (Wildman–Crippen LogP) is 4.11. The second-order valence-electron chi connectivity index (χ2n) is 7.12. The van der Waals surface area contributed by atoms with Gasteiger partial charge in [-0.05, 0) is 70.9 Å². The quantitative estimate of drug-likeness (QED) is 0.200. The Morgan fingerprint density at radius 3 is 2.53 bits per heavy atom. The van der Waals surface area contributed by atoms with Crippen LogP contribution >= 0.6 is 15.9 Å². The van der Waals surface area contributed by atoms with Crippen LogP contribution in [0.4, 0.5) is 5.69 Å². The van der Waals surface area contributed by atoms with E-state index >= 15 is 0 Å². The SMILES string of the molecule is CC(NC(=O)CC(=O)Nc1ccc(C(=N)N)cc1)c1ccc(OCc2ccoc2)c(Br)c1. The Bertz CT molecular complexity index is 1100. The molecule has 0 aliphatic heterocycles. The van der Waals surface area contributed by atoms with Crippen molar-refractivity contribution in [2.24, 2.45) is 5.73 Å². The molecule has 0 bridgehead atoms. The molecule has 1 aromatic heterocycles. The van der Waals surface area contributed by atoms with E-state index in [1.54, 1.807) is 36.8 Å². The number of ether oxygens (including phenoxy) is 1. The second kappa shape index (κ2) is 10.6. The van der Waals surface area contributed by atoms with Crippen molar-refractivity contribution in [3.63, 3.8) is 0 Å². The van der Waals surface area contributed by atoms with Gasteiger partial charge in [-0.3, -0.25) is 15.0 Å². The number of nitrogen functional groups attached to an aromatic ring is 1. The number of anilines is 1. The van der Waals surface area contributed by atoms with Crippen molar-refractivity contribution in [1.29, 1.82) is 5.41 Å². The molecule has 1 heterocycles. The van der Waals surface area contributed by atoms with E-state index in [0.29, 0.717) is 23.6 Å². The van der Waals surface area contributed by atoms with Gasteiger partial charge in [-0.25, -0.2) is 0 Å². The molecule has 0 saturated heterocycles. The number of nitrogens with two attached hydrogens (primary N) is 1. The summed E-state index contributed by atoms with van der Waals surface area (Å²) in [4.78, 5) is 24.5. The van der Waals surface area contributed by atoms with E-state index < -0.39 is 11.8 Å². The molecule has 166 valence electrons. The van der Waals surface area contributed by atoms with Crippen LogP contribution in [0.15, 0.2) is 69.9 Å². The Hall–Kier alpha value is -3.59. The molecule has 0 aliphatic carbocycles. The molecular weight excluding hydrogens is 476 g/mol. The molecule has 0 fully saturated rings. The summed E-state index contributed by atoms with van der Waals surface area (Å²) in [5, 5.41) is 12.8. The lowest BCUT2D eigenvalue weighted by atomic mass is 10.1. The fourth-order valence-electron chi connectivity index (χ4n) is 2.90. The molecule has 1 unspecified atom stereocenters. The summed E-state index contributed by atoms with van der Waals surface area (Å²) < 4.78 is 11.5. The van der Waals surface area contributed by atoms with Gasteiger partial charge in [-0.2, -0.15) is 0 Å². The maximum absolute atomic E-state index is 12.3. The van der Waals surface area contributed by atoms with Crippen molar-refractivity contribution in [3.05, 3.63) is 82.2 Å². The Kier molecular flexibility index (Phi) is 7.67. The molecule has 5 N–H and O–H groups in total. The Morgan fingerprint density at radius 1 is 1.16 bits per heavy atom. The lowest BCUT2D eigenvalue weighted by Crippen LogP contribution is -2.30. The van der Waals surface area contributed by atoms with Crippen LogP contribution in [0.2, 0.25) is 0 Å². The van der Waals surface area contributed by atoms with E-state index in [1.165, 1.54) is 0 Å². The van der Waals surface area contributed by atoms with Crippen molar-refractivity contribution in [3.8, 4) is 5.75 Å². The largest absolute Gasteiger partial charge is 0.488 e. The van der Waals surface area contributed by atoms with Crippen LogP contribution in [-0.2, 0) is 16.2 Å². The molecule has 0 radical (unpaired) electrons. The molecule has 0 saturated carbocycles. The minimum Gasteiger partial charge on any atom is -0.488 e. The molecule has 0 aliphatic rings. The lowest BCUT2D eigenvalue weighted by molar-refractivity contribution is -0.127. The fourth-order valence-corrected chi connectivity index (χ4v) is 3.41. The third kappa shape index (κ3) is 6.45. The summed E-state index contributed by atoms with van der Waals surface area (Å²) in [5.74, 6) is -0.217. The standard InChI is InChI=1S/C23H23BrN4O4/c1-14(17-4-7-20(19(24)10-17)32-13-15-8-9-31-12-15)27-21(29)11-22(30)28-18-5-2-16(3-6-18)23(25)26/h2-10,12,14H,11,13H2,1H3,(H3,25,26)(H,27,29)(H,28,30). The predicted molar refractivity (Wildman–Crippen MR) is 124 cm³/mol. The number of hydrogen-bond acceptors (Lipinski definition) is 5. The summed E-state index contributed by atoms with van der Waals surface area (Å²) in [5.41, 5.74) is 8.27. The minimum absolute atomic E-state index is 0.0552. The van der Waals surface area contributed by atoms with Crippen LogP contribution in [0, 0.1) is 5.41 Å². The summed E-state index contributed by atoms with van der Waals surface area (Å²) in [6.45, 7) is 2.22. The minimum atomic E-state index is -0.436. The molecule has 3 rings (SSSR count). The van der Waals surface area contributed by atoms with Crippen molar-refractivity contribution < 1.29 is 18.7 Å². The van der Waals surface area contributed by atoms with Crippen LogP contribution in [0.3, 0.4) is 0 Å². The number of nitrogens with one attached hydrogen (secondary N) is 3. The zero-order valence-corrected chi connectivity index (χ0v) is 18.9. The number of hydrogen-bond donors (Lipinski definition) is 4. The van der Waals surface area contributed by atoms with Gasteiger partial charge in [-0.15, -0.1) is 0 Å². The molecule has 2 amide bonds. The smallest absolute Gasteiger partial charge is 0.233 e. The highest BCUT2D eigenvalue weighted by molar-refractivity contribution is 9.10. The zero-order valence-electron chi connectivity index (χ0n) is 17.4. The monoisotopic (exact) mass is 498 g/mol. The van der Waals surface area contributed by atoms with Gasteiger partial charge in [0.1, 0.15) is 24.6 Å². The molecule has 32 heavy (non-hydrogen) atoms. The number of rotatable bonds is 9. The second-order valence-corrected chi connectivity index (χ2v) is 7.97. The van der Waals surface area contributed by atoms with Crippen molar-refractivity contribution >= 4 is 39.3 Å². The number of carbonyl (C=O) groups excluding carboxylic acids is 2. The van der Waals surface area contributed by atoms with E-state index in [4.69, 9.17) is 20.3 Å². The molecule has 8 nitrogen and oxygen atoms in total. The molecule has 2 aromatic carbocycles. The Labute approximate surface area is 193 Å². The van der Waals surface area contributed by atoms with Crippen LogP contribution in [0.1, 0.15) is 36.1 Å². The van der Waals surface area contributed by atoms with Crippen molar-refractivity contribution in [2.45, 2.75) is 26.0 Å². The number of furan rings is 1. The van der Waals surface area contributed by atoms with Crippen molar-refractivity contribution in [2.75, 3.05) is 5.32 Å². The number of benzene rings is 2. The van der Waals surface area contributed by atoms with Crippen molar-refractivity contribution in [1.82, 2.24) is 5.32 Å². The average Bonchev–Trinajstić information content (AvgIpc) is 3.26. The normalized spacial score (nSPS) is 11.4. The van der Waals surface area contributed by atoms with Crippen LogP contribution in [0.5, 0.6) is 5.75 Å². The summed E-state index contributed by atoms with van der Waals surface area (Å²) in [6, 6.07) is 13.6. The highest BCUT2D eigenvalue weighted by atomic mass is 79.9. The lowest BCUT2D eigenvalue weighted by Gasteiger charge is -2.16. The maximum Gasteiger partial charge on any atom is 0.233 e. The third-order valence-corrected chi connectivity index (χ3v) is 5.23. The first kappa shape index (κ1) is 23.1. The fraction of sp³-hybridized carbons (Fsp3) is 0.174. The van der Waals surface area contributed by atoms with E-state index in [2.05, 4.69) is 26.6 Å². The maximum atomic E-state index is 12.3. The molecule has 1 atom stereocenters. The van der Waals surface area contributed by atoms with E-state index in [0.717, 1.165) is 15.6 Å². The Balaban J connectivity index is 1.50. The number of amidine groups is 1. The molecular formula is C23H23BrN4O4. The number of carbonyl (C=O) groups is 2. The van der Waals surface area contributed by atoms with Gasteiger partial charge >= 0.3 is 0 Å². The van der Waals surface area contributed by atoms with Gasteiger partial charge in [0.25, 0.3) is 0 Å². The highest BCUT2D eigenvalue weighted by Gasteiger charge is 2.15. The summed E-state index contributed by atoms with van der Waals surface area (Å²) in [7, 11) is 0. The summed E-state index contributed by atoms with van der Waals surface area (Å²) in [6.07, 6.45) is 2.90. The topological polar surface area (TPSA) is 130 Å². The molecule has 9 heteroatoms. The van der Waals surface area contributed by atoms with Gasteiger partial charge in [0, 0.05) is 16.8 Å². The highest BCUT2D eigenvalue weighted by Crippen LogP contribution is 2.29. The first-order valence-electron chi connectivity index (χ1n) is 9.79. The average molecular weight is 499 g/mol. The van der Waals surface area contributed by atoms with E-state index in [-0.39, 0.29) is 18.3 Å². The van der Waals surface area contributed by atoms with Gasteiger partial charge in [0.2, 0.25) is 11.8 Å². The Morgan fingerprint density at radius 2 is 1.91 bits per heavy atom. The van der Waals surface area contributed by atoms with E-state index in [9.17, 15) is 9.59 Å². The number of amides is 2. The zero-order chi connectivity index (χ0) is 23.1.